The number of nitrogens with two attached hydrogens (primary N) is 1. The van der Waals surface area contributed by atoms with Crippen LogP contribution in [0.25, 0.3) is 0 Å². The molecule has 6 heteroatoms. The maximum Gasteiger partial charge on any atom is 0.248 e. The largest absolute Gasteiger partial charge is 0.373 e. The average molecular weight is 328 g/mol. The second kappa shape index (κ2) is 7.59. The Morgan fingerprint density at radius 2 is 2.38 bits per heavy atom. The first-order valence-corrected chi connectivity index (χ1v) is 8.40. The van der Waals surface area contributed by atoms with Crippen molar-refractivity contribution in [3.05, 3.63) is 53.3 Å². The second-order valence-electron chi connectivity index (χ2n) is 6.17. The molecule has 1 aromatic heterocycles. The Hall–Kier alpha value is -2.18. The first-order valence-electron chi connectivity index (χ1n) is 8.40. The molecule has 0 bridgehead atoms. The molecule has 1 saturated heterocycles. The summed E-state index contributed by atoms with van der Waals surface area (Å²) in [5.41, 5.74) is 8.07. The van der Waals surface area contributed by atoms with Crippen LogP contribution in [0, 0.1) is 5.92 Å². The Morgan fingerprint density at radius 1 is 1.50 bits per heavy atom. The van der Waals surface area contributed by atoms with E-state index in [4.69, 9.17) is 10.5 Å². The fourth-order valence-corrected chi connectivity index (χ4v) is 3.15. The van der Waals surface area contributed by atoms with Gasteiger partial charge < -0.3 is 15.8 Å². The molecule has 1 fully saturated rings. The van der Waals surface area contributed by atoms with Crippen molar-refractivity contribution in [2.24, 2.45) is 11.7 Å². The minimum atomic E-state index is -0.394. The smallest absolute Gasteiger partial charge is 0.248 e. The van der Waals surface area contributed by atoms with E-state index in [9.17, 15) is 4.79 Å². The number of nitrogens with one attached hydrogen (secondary N) is 1. The van der Waals surface area contributed by atoms with E-state index in [0.29, 0.717) is 18.0 Å². The highest BCUT2D eigenvalue weighted by molar-refractivity contribution is 5.92. The van der Waals surface area contributed by atoms with Crippen LogP contribution in [0.2, 0.25) is 0 Å². The van der Waals surface area contributed by atoms with Crippen LogP contribution in [-0.2, 0) is 17.8 Å². The van der Waals surface area contributed by atoms with E-state index in [1.165, 1.54) is 0 Å². The lowest BCUT2D eigenvalue weighted by molar-refractivity contribution is 0.0904. The van der Waals surface area contributed by atoms with Gasteiger partial charge in [-0.05, 0) is 31.0 Å². The van der Waals surface area contributed by atoms with Crippen molar-refractivity contribution in [2.45, 2.75) is 32.5 Å². The lowest BCUT2D eigenvalue weighted by Gasteiger charge is -2.18. The Labute approximate surface area is 142 Å². The number of aryl methyl sites for hydroxylation is 1. The number of benzene rings is 1. The number of rotatable bonds is 7. The Morgan fingerprint density at radius 3 is 3.12 bits per heavy atom. The Kier molecular flexibility index (Phi) is 5.27. The highest BCUT2D eigenvalue weighted by atomic mass is 16.5. The van der Waals surface area contributed by atoms with E-state index in [1.54, 1.807) is 6.07 Å². The number of carbonyl (C=O) groups excluding carboxylic acids is 1. The average Bonchev–Trinajstić information content (AvgIpc) is 3.23. The van der Waals surface area contributed by atoms with E-state index in [2.05, 4.69) is 23.5 Å². The molecule has 0 aliphatic carbocycles. The van der Waals surface area contributed by atoms with E-state index in [1.807, 2.05) is 29.1 Å². The van der Waals surface area contributed by atoms with Gasteiger partial charge in [-0.1, -0.05) is 12.1 Å². The van der Waals surface area contributed by atoms with Gasteiger partial charge in [-0.2, -0.15) is 5.10 Å². The predicted molar refractivity (Wildman–Crippen MR) is 91.4 cm³/mol. The summed E-state index contributed by atoms with van der Waals surface area (Å²) in [5.74, 6) is 0.0351. The zero-order chi connectivity index (χ0) is 16.9. The maximum atomic E-state index is 11.2. The number of hydrogen-bond donors (Lipinski definition) is 2. The summed E-state index contributed by atoms with van der Waals surface area (Å²) < 4.78 is 7.84. The molecule has 1 aliphatic rings. The third kappa shape index (κ3) is 3.83. The molecule has 1 aromatic carbocycles. The van der Waals surface area contributed by atoms with Gasteiger partial charge in [0, 0.05) is 49.5 Å². The molecule has 2 atom stereocenters. The van der Waals surface area contributed by atoms with Crippen LogP contribution in [0.5, 0.6) is 0 Å². The van der Waals surface area contributed by atoms with Gasteiger partial charge >= 0.3 is 0 Å². The van der Waals surface area contributed by atoms with Gasteiger partial charge in [0.15, 0.2) is 0 Å². The fourth-order valence-electron chi connectivity index (χ4n) is 3.15. The first kappa shape index (κ1) is 16.7. The van der Waals surface area contributed by atoms with Gasteiger partial charge in [-0.15, -0.1) is 0 Å². The van der Waals surface area contributed by atoms with Crippen LogP contribution in [0.4, 0.5) is 0 Å². The molecule has 0 radical (unpaired) electrons. The molecule has 1 amide bonds. The predicted octanol–water partition coefficient (Wildman–Crippen LogP) is 1.87. The third-order valence-electron chi connectivity index (χ3n) is 4.47. The van der Waals surface area contributed by atoms with E-state index < -0.39 is 5.91 Å². The van der Waals surface area contributed by atoms with Crippen LogP contribution in [-0.4, -0.2) is 28.8 Å². The summed E-state index contributed by atoms with van der Waals surface area (Å²) in [7, 11) is 0. The third-order valence-corrected chi connectivity index (χ3v) is 4.47. The van der Waals surface area contributed by atoms with Crippen LogP contribution < -0.4 is 11.1 Å². The molecule has 2 heterocycles. The van der Waals surface area contributed by atoms with Crippen LogP contribution in [0.3, 0.4) is 0 Å². The van der Waals surface area contributed by atoms with Crippen molar-refractivity contribution in [1.82, 2.24) is 15.1 Å². The molecule has 0 saturated carbocycles. The summed E-state index contributed by atoms with van der Waals surface area (Å²) in [6.45, 7) is 5.30. The Balaban J connectivity index is 1.56. The molecule has 0 unspecified atom stereocenters. The number of nitrogens with zero attached hydrogens (tertiary/aromatic N) is 2. The summed E-state index contributed by atoms with van der Waals surface area (Å²) in [6, 6.07) is 7.42. The number of hydrogen-bond acceptors (Lipinski definition) is 4. The molecule has 0 spiro atoms. The SMILES string of the molecule is CCn1cc([C@@H]2OCC[C@H]2CNCc2cccc(C(N)=O)c2)cn1. The van der Waals surface area contributed by atoms with Gasteiger partial charge in [0.1, 0.15) is 0 Å². The minimum Gasteiger partial charge on any atom is -0.373 e. The monoisotopic (exact) mass is 328 g/mol. The normalized spacial score (nSPS) is 20.4. The van der Waals surface area contributed by atoms with Crippen LogP contribution >= 0.6 is 0 Å². The van der Waals surface area contributed by atoms with Crippen molar-refractivity contribution in [3.63, 3.8) is 0 Å². The number of aromatic nitrogens is 2. The summed E-state index contributed by atoms with van der Waals surface area (Å²) in [6.07, 6.45) is 5.12. The first-order chi connectivity index (χ1) is 11.7. The van der Waals surface area contributed by atoms with E-state index in [-0.39, 0.29) is 6.10 Å². The number of ether oxygens (including phenoxy) is 1. The van der Waals surface area contributed by atoms with Crippen molar-refractivity contribution in [2.75, 3.05) is 13.2 Å². The molecular weight excluding hydrogens is 304 g/mol. The fraction of sp³-hybridized carbons (Fsp3) is 0.444. The molecule has 24 heavy (non-hydrogen) atoms. The van der Waals surface area contributed by atoms with E-state index in [0.717, 1.165) is 37.2 Å². The van der Waals surface area contributed by atoms with Crippen molar-refractivity contribution < 1.29 is 9.53 Å². The number of primary amides is 1. The molecular formula is C18H24N4O2. The highest BCUT2D eigenvalue weighted by Crippen LogP contribution is 2.33. The quantitative estimate of drug-likeness (QED) is 0.813. The molecule has 3 rings (SSSR count). The lowest BCUT2D eigenvalue weighted by Crippen LogP contribution is -2.24. The van der Waals surface area contributed by atoms with Gasteiger partial charge in [-0.25, -0.2) is 0 Å². The molecule has 1 aliphatic heterocycles. The Bertz CT molecular complexity index is 698. The molecule has 128 valence electrons. The van der Waals surface area contributed by atoms with Gasteiger partial charge in [0.2, 0.25) is 5.91 Å². The van der Waals surface area contributed by atoms with Gasteiger partial charge in [0.25, 0.3) is 0 Å². The topological polar surface area (TPSA) is 82.2 Å². The van der Waals surface area contributed by atoms with Crippen molar-refractivity contribution in [1.29, 1.82) is 0 Å². The molecule has 2 aromatic rings. The molecule has 3 N–H and O–H groups in total. The second-order valence-corrected chi connectivity index (χ2v) is 6.17. The number of amides is 1. The standard InChI is InChI=1S/C18H24N4O2/c1-2-22-12-16(11-21-22)17-15(6-7-24-17)10-20-9-13-4-3-5-14(8-13)18(19)23/h3-5,8,11-12,15,17,20H,2,6-7,9-10H2,1H3,(H2,19,23)/t15-,17+/m0/s1. The number of carbonyl (C=O) groups is 1. The van der Waals surface area contributed by atoms with Crippen molar-refractivity contribution in [3.8, 4) is 0 Å². The maximum absolute atomic E-state index is 11.2. The highest BCUT2D eigenvalue weighted by Gasteiger charge is 2.30. The van der Waals surface area contributed by atoms with Crippen LogP contribution in [0.15, 0.2) is 36.7 Å². The lowest BCUT2D eigenvalue weighted by atomic mass is 9.97. The van der Waals surface area contributed by atoms with Gasteiger partial charge in [-0.3, -0.25) is 9.48 Å². The van der Waals surface area contributed by atoms with Crippen molar-refractivity contribution >= 4 is 5.91 Å². The zero-order valence-electron chi connectivity index (χ0n) is 13.9. The summed E-state index contributed by atoms with van der Waals surface area (Å²) in [4.78, 5) is 11.2. The molecule has 6 nitrogen and oxygen atoms in total. The van der Waals surface area contributed by atoms with Gasteiger partial charge in [0.05, 0.1) is 12.3 Å². The van der Waals surface area contributed by atoms with Crippen LogP contribution in [0.1, 0.15) is 40.9 Å². The minimum absolute atomic E-state index is 0.106. The summed E-state index contributed by atoms with van der Waals surface area (Å²) in [5, 5.41) is 7.81. The van der Waals surface area contributed by atoms with E-state index >= 15 is 0 Å². The zero-order valence-corrected chi connectivity index (χ0v) is 13.9. The summed E-state index contributed by atoms with van der Waals surface area (Å²) >= 11 is 0.